The van der Waals surface area contributed by atoms with Crippen molar-refractivity contribution in [3.05, 3.63) is 71.0 Å². The summed E-state index contributed by atoms with van der Waals surface area (Å²) in [4.78, 5) is 20.3. The Bertz CT molecular complexity index is 948. The average molecular weight is 383 g/mol. The summed E-state index contributed by atoms with van der Waals surface area (Å²) in [5.74, 6) is 0.496. The van der Waals surface area contributed by atoms with Crippen molar-refractivity contribution in [1.29, 1.82) is 0 Å². The largest absolute Gasteiger partial charge is 0.393 e. The van der Waals surface area contributed by atoms with E-state index in [2.05, 4.69) is 26.1 Å². The van der Waals surface area contributed by atoms with Crippen LogP contribution >= 0.6 is 11.6 Å². The highest BCUT2D eigenvalue weighted by atomic mass is 35.5. The number of benzene rings is 2. The number of amides is 1. The topological polar surface area (TPSA) is 105 Å². The molecule has 138 valence electrons. The predicted molar refractivity (Wildman–Crippen MR) is 108 cm³/mol. The van der Waals surface area contributed by atoms with E-state index in [9.17, 15) is 4.79 Å². The van der Waals surface area contributed by atoms with E-state index in [4.69, 9.17) is 17.3 Å². The van der Waals surface area contributed by atoms with Crippen molar-refractivity contribution < 1.29 is 4.79 Å². The van der Waals surface area contributed by atoms with Crippen molar-refractivity contribution in [2.45, 2.75) is 13.3 Å². The lowest BCUT2D eigenvalue weighted by atomic mass is 10.1. The van der Waals surface area contributed by atoms with Gasteiger partial charge in [-0.15, -0.1) is 0 Å². The van der Waals surface area contributed by atoms with Gasteiger partial charge in [0.1, 0.15) is 12.0 Å². The maximum atomic E-state index is 12.1. The van der Waals surface area contributed by atoms with Crippen LogP contribution in [0, 0.1) is 6.92 Å². The Balaban J connectivity index is 1.65. The fourth-order valence-corrected chi connectivity index (χ4v) is 2.54. The fraction of sp³-hybridized carbons (Fsp3) is 0.105. The van der Waals surface area contributed by atoms with Gasteiger partial charge in [-0.25, -0.2) is 9.97 Å². The second-order valence-corrected chi connectivity index (χ2v) is 6.32. The number of hydrazine groups is 1. The summed E-state index contributed by atoms with van der Waals surface area (Å²) >= 11 is 6.14. The molecule has 0 aliphatic carbocycles. The lowest BCUT2D eigenvalue weighted by Gasteiger charge is -2.13. The van der Waals surface area contributed by atoms with Gasteiger partial charge in [0.25, 0.3) is 0 Å². The number of hydrogen-bond acceptors (Lipinski definition) is 6. The minimum atomic E-state index is -0.209. The first-order valence-electron chi connectivity index (χ1n) is 8.25. The third kappa shape index (κ3) is 4.86. The standard InChI is InChI=1S/C19H19ClN6O/c1-12-7-8-14(10-15(12)20)24-18-17(21)19(23-11-22-18)26-25-16(27)9-13-5-3-2-4-6-13/h2-8,10-11H,9,21H2,1H3,(H,25,27)(H2,22,23,24,26). The SMILES string of the molecule is Cc1ccc(Nc2ncnc(NNC(=O)Cc3ccccc3)c2N)cc1Cl. The zero-order valence-electron chi connectivity index (χ0n) is 14.7. The monoisotopic (exact) mass is 382 g/mol. The summed E-state index contributed by atoms with van der Waals surface area (Å²) in [7, 11) is 0. The number of hydrogen-bond donors (Lipinski definition) is 4. The molecule has 0 atom stereocenters. The van der Waals surface area contributed by atoms with Gasteiger partial charge in [0.2, 0.25) is 5.91 Å². The van der Waals surface area contributed by atoms with Gasteiger partial charge in [0.05, 0.1) is 6.42 Å². The number of nitrogens with zero attached hydrogens (tertiary/aromatic N) is 2. The van der Waals surface area contributed by atoms with Crippen molar-refractivity contribution in [1.82, 2.24) is 15.4 Å². The molecule has 27 heavy (non-hydrogen) atoms. The molecule has 1 aromatic heterocycles. The number of anilines is 4. The molecular formula is C19H19ClN6O. The van der Waals surface area contributed by atoms with Crippen molar-refractivity contribution in [3.63, 3.8) is 0 Å². The van der Waals surface area contributed by atoms with Gasteiger partial charge in [-0.1, -0.05) is 48.0 Å². The number of nitrogens with two attached hydrogens (primary N) is 1. The summed E-state index contributed by atoms with van der Waals surface area (Å²) in [6.45, 7) is 1.92. The Labute approximate surface area is 162 Å². The predicted octanol–water partition coefficient (Wildman–Crippen LogP) is 3.45. The number of aryl methyl sites for hydroxylation is 1. The highest BCUT2D eigenvalue weighted by Crippen LogP contribution is 2.27. The van der Waals surface area contributed by atoms with Crippen molar-refractivity contribution >= 4 is 40.5 Å². The molecule has 0 spiro atoms. The first-order valence-corrected chi connectivity index (χ1v) is 8.63. The Morgan fingerprint density at radius 1 is 1.11 bits per heavy atom. The van der Waals surface area contributed by atoms with E-state index in [0.717, 1.165) is 16.8 Å². The molecule has 0 saturated heterocycles. The van der Waals surface area contributed by atoms with Gasteiger partial charge < -0.3 is 11.1 Å². The third-order valence-electron chi connectivity index (χ3n) is 3.85. The van der Waals surface area contributed by atoms with Crippen LogP contribution in [0.15, 0.2) is 54.9 Å². The number of rotatable bonds is 6. The number of nitrogen functional groups attached to an aromatic ring is 1. The van der Waals surface area contributed by atoms with Crippen LogP contribution in [0.3, 0.4) is 0 Å². The van der Waals surface area contributed by atoms with Gasteiger partial charge in [0.15, 0.2) is 11.6 Å². The number of carbonyl (C=O) groups excluding carboxylic acids is 1. The van der Waals surface area contributed by atoms with Crippen molar-refractivity contribution in [2.24, 2.45) is 0 Å². The highest BCUT2D eigenvalue weighted by Gasteiger charge is 2.10. The first kappa shape index (κ1) is 18.5. The smallest absolute Gasteiger partial charge is 0.242 e. The van der Waals surface area contributed by atoms with E-state index in [0.29, 0.717) is 16.7 Å². The molecule has 0 saturated carbocycles. The normalized spacial score (nSPS) is 10.3. The third-order valence-corrected chi connectivity index (χ3v) is 4.25. The van der Waals surface area contributed by atoms with E-state index in [-0.39, 0.29) is 18.0 Å². The van der Waals surface area contributed by atoms with Crippen LogP contribution in [-0.4, -0.2) is 15.9 Å². The van der Waals surface area contributed by atoms with Crippen LogP contribution in [0.1, 0.15) is 11.1 Å². The van der Waals surface area contributed by atoms with Crippen LogP contribution in [0.4, 0.5) is 23.0 Å². The van der Waals surface area contributed by atoms with Gasteiger partial charge in [-0.3, -0.25) is 15.6 Å². The molecule has 1 heterocycles. The lowest BCUT2D eigenvalue weighted by Crippen LogP contribution is -2.31. The van der Waals surface area contributed by atoms with E-state index in [1.54, 1.807) is 6.07 Å². The van der Waals surface area contributed by atoms with E-state index in [1.165, 1.54) is 6.33 Å². The van der Waals surface area contributed by atoms with E-state index >= 15 is 0 Å². The Hall–Kier alpha value is -3.32. The number of aromatic nitrogens is 2. The Morgan fingerprint density at radius 3 is 2.59 bits per heavy atom. The molecule has 5 N–H and O–H groups in total. The van der Waals surface area contributed by atoms with Crippen LogP contribution in [0.2, 0.25) is 5.02 Å². The molecule has 3 rings (SSSR count). The summed E-state index contributed by atoms with van der Waals surface area (Å²) in [6, 6.07) is 15.0. The number of halogens is 1. The van der Waals surface area contributed by atoms with Gasteiger partial charge in [0, 0.05) is 10.7 Å². The van der Waals surface area contributed by atoms with Crippen LogP contribution in [-0.2, 0) is 11.2 Å². The van der Waals surface area contributed by atoms with E-state index < -0.39 is 0 Å². The van der Waals surface area contributed by atoms with Gasteiger partial charge in [-0.2, -0.15) is 0 Å². The maximum Gasteiger partial charge on any atom is 0.242 e. The average Bonchev–Trinajstić information content (AvgIpc) is 2.66. The van der Waals surface area contributed by atoms with Crippen LogP contribution < -0.4 is 21.9 Å². The molecule has 8 heteroatoms. The van der Waals surface area contributed by atoms with Crippen molar-refractivity contribution in [3.8, 4) is 0 Å². The molecule has 0 fully saturated rings. The molecule has 0 unspecified atom stereocenters. The zero-order valence-corrected chi connectivity index (χ0v) is 15.4. The maximum absolute atomic E-state index is 12.1. The molecule has 1 amide bonds. The van der Waals surface area contributed by atoms with Crippen LogP contribution in [0.5, 0.6) is 0 Å². The number of nitrogens with one attached hydrogen (secondary N) is 3. The van der Waals surface area contributed by atoms with E-state index in [1.807, 2.05) is 49.4 Å². The molecule has 0 aliphatic rings. The highest BCUT2D eigenvalue weighted by molar-refractivity contribution is 6.31. The minimum absolute atomic E-state index is 0.209. The summed E-state index contributed by atoms with van der Waals surface area (Å²) in [5.41, 5.74) is 14.3. The molecule has 0 aliphatic heterocycles. The molecule has 0 radical (unpaired) electrons. The Kier molecular flexibility index (Phi) is 5.73. The van der Waals surface area contributed by atoms with Crippen molar-refractivity contribution in [2.75, 3.05) is 16.5 Å². The second-order valence-electron chi connectivity index (χ2n) is 5.91. The lowest BCUT2D eigenvalue weighted by molar-refractivity contribution is -0.119. The summed E-state index contributed by atoms with van der Waals surface area (Å²) in [5, 5.41) is 3.73. The van der Waals surface area contributed by atoms with Gasteiger partial charge in [-0.05, 0) is 30.2 Å². The Morgan fingerprint density at radius 2 is 1.85 bits per heavy atom. The second kappa shape index (κ2) is 8.37. The molecule has 3 aromatic rings. The molecule has 7 nitrogen and oxygen atoms in total. The first-order chi connectivity index (χ1) is 13.0. The quantitative estimate of drug-likeness (QED) is 0.487. The number of carbonyl (C=O) groups is 1. The molecular weight excluding hydrogens is 364 g/mol. The summed E-state index contributed by atoms with van der Waals surface area (Å²) in [6.07, 6.45) is 1.59. The van der Waals surface area contributed by atoms with Gasteiger partial charge >= 0.3 is 0 Å². The summed E-state index contributed by atoms with van der Waals surface area (Å²) < 4.78 is 0. The molecule has 2 aromatic carbocycles. The molecule has 0 bridgehead atoms. The van der Waals surface area contributed by atoms with Crippen LogP contribution in [0.25, 0.3) is 0 Å². The fourth-order valence-electron chi connectivity index (χ4n) is 2.36. The zero-order chi connectivity index (χ0) is 19.2. The minimum Gasteiger partial charge on any atom is -0.393 e.